The lowest BCUT2D eigenvalue weighted by molar-refractivity contribution is 0.0156. The van der Waals surface area contributed by atoms with Crippen molar-refractivity contribution in [3.63, 3.8) is 0 Å². The lowest BCUT2D eigenvalue weighted by atomic mass is 10.1. The molecule has 0 bridgehead atoms. The van der Waals surface area contributed by atoms with Crippen LogP contribution < -0.4 is 9.47 Å². The van der Waals surface area contributed by atoms with Gasteiger partial charge in [0.15, 0.2) is 0 Å². The molecular formula is C18H16ClN3O3. The Morgan fingerprint density at radius 1 is 1.28 bits per heavy atom. The molecule has 4 rings (SSSR count). The summed E-state index contributed by atoms with van der Waals surface area (Å²) in [6, 6.07) is 11.0. The Morgan fingerprint density at radius 2 is 2.12 bits per heavy atom. The van der Waals surface area contributed by atoms with Gasteiger partial charge in [-0.25, -0.2) is 4.98 Å². The van der Waals surface area contributed by atoms with E-state index in [1.807, 2.05) is 24.3 Å². The number of amides is 1. The molecule has 7 heteroatoms. The normalized spacial score (nSPS) is 14.4. The maximum absolute atomic E-state index is 12.6. The van der Waals surface area contributed by atoms with Crippen LogP contribution >= 0.6 is 11.6 Å². The number of hydrogen-bond acceptors (Lipinski definition) is 4. The Morgan fingerprint density at radius 3 is 2.84 bits per heavy atom. The maximum Gasteiger partial charge on any atom is 0.270 e. The fraction of sp³-hybridized carbons (Fsp3) is 0.222. The minimum atomic E-state index is -0.0536. The van der Waals surface area contributed by atoms with E-state index in [2.05, 4.69) is 9.97 Å². The van der Waals surface area contributed by atoms with E-state index in [1.54, 1.807) is 24.1 Å². The number of aromatic nitrogens is 2. The summed E-state index contributed by atoms with van der Waals surface area (Å²) in [4.78, 5) is 21.6. The number of aromatic amines is 1. The minimum absolute atomic E-state index is 0.0425. The van der Waals surface area contributed by atoms with Crippen LogP contribution in [-0.2, 0) is 0 Å². The molecule has 1 N–H and O–H groups in total. The van der Waals surface area contributed by atoms with Crippen molar-refractivity contribution >= 4 is 28.4 Å². The van der Waals surface area contributed by atoms with Crippen LogP contribution in [0.3, 0.4) is 0 Å². The Hall–Kier alpha value is -2.73. The summed E-state index contributed by atoms with van der Waals surface area (Å²) >= 11 is 5.80. The van der Waals surface area contributed by atoms with Crippen molar-refractivity contribution in [2.45, 2.75) is 6.10 Å². The number of H-pyrrole nitrogens is 1. The number of nitrogens with one attached hydrogen (secondary N) is 1. The second-order valence-electron chi connectivity index (χ2n) is 5.90. The highest BCUT2D eigenvalue weighted by Gasteiger charge is 2.33. The minimum Gasteiger partial charge on any atom is -0.497 e. The van der Waals surface area contributed by atoms with Gasteiger partial charge in [-0.05, 0) is 24.3 Å². The van der Waals surface area contributed by atoms with E-state index < -0.39 is 0 Å². The molecule has 3 aromatic rings. The molecule has 3 heterocycles. The van der Waals surface area contributed by atoms with Crippen LogP contribution in [0.4, 0.5) is 0 Å². The van der Waals surface area contributed by atoms with Crippen LogP contribution in [0.5, 0.6) is 11.6 Å². The molecule has 6 nitrogen and oxygen atoms in total. The van der Waals surface area contributed by atoms with Gasteiger partial charge in [0.2, 0.25) is 5.88 Å². The number of rotatable bonds is 4. The van der Waals surface area contributed by atoms with Crippen molar-refractivity contribution in [3.05, 3.63) is 53.3 Å². The van der Waals surface area contributed by atoms with Crippen molar-refractivity contribution in [2.75, 3.05) is 20.2 Å². The van der Waals surface area contributed by atoms with Gasteiger partial charge in [-0.1, -0.05) is 11.6 Å². The number of nitrogens with zero attached hydrogens (tertiary/aromatic N) is 2. The van der Waals surface area contributed by atoms with Gasteiger partial charge in [-0.15, -0.1) is 0 Å². The predicted octanol–water partition coefficient (Wildman–Crippen LogP) is 3.13. The molecule has 0 atom stereocenters. The molecule has 0 saturated carbocycles. The number of benzene rings is 1. The molecule has 1 saturated heterocycles. The van der Waals surface area contributed by atoms with Crippen molar-refractivity contribution < 1.29 is 14.3 Å². The number of carbonyl (C=O) groups excluding carboxylic acids is 1. The van der Waals surface area contributed by atoms with E-state index >= 15 is 0 Å². The molecule has 25 heavy (non-hydrogen) atoms. The van der Waals surface area contributed by atoms with Crippen LogP contribution in [0.15, 0.2) is 42.6 Å². The third kappa shape index (κ3) is 3.13. The highest BCUT2D eigenvalue weighted by Crippen LogP contribution is 2.24. The van der Waals surface area contributed by atoms with Crippen molar-refractivity contribution in [2.24, 2.45) is 0 Å². The third-order valence-corrected chi connectivity index (χ3v) is 4.41. The van der Waals surface area contributed by atoms with E-state index in [9.17, 15) is 4.79 Å². The monoisotopic (exact) mass is 357 g/mol. The highest BCUT2D eigenvalue weighted by molar-refractivity contribution is 6.30. The van der Waals surface area contributed by atoms with Crippen molar-refractivity contribution in [3.8, 4) is 11.6 Å². The molecule has 0 spiro atoms. The standard InChI is InChI=1S/C18H16ClN3O3/c1-24-13-4-2-11-6-16(21-15(11)7-13)18(23)22-9-14(10-22)25-17-5-3-12(19)8-20-17/h2-8,14,21H,9-10H2,1H3. The Balaban J connectivity index is 1.40. The van der Waals surface area contributed by atoms with E-state index in [0.29, 0.717) is 29.7 Å². The van der Waals surface area contributed by atoms with Gasteiger partial charge in [-0.2, -0.15) is 0 Å². The summed E-state index contributed by atoms with van der Waals surface area (Å²) in [5.74, 6) is 1.22. The number of ether oxygens (including phenoxy) is 2. The molecule has 1 fully saturated rings. The van der Waals surface area contributed by atoms with Gasteiger partial charge in [0.05, 0.1) is 25.2 Å². The van der Waals surface area contributed by atoms with Crippen molar-refractivity contribution in [1.29, 1.82) is 0 Å². The van der Waals surface area contributed by atoms with E-state index in [1.165, 1.54) is 6.20 Å². The fourth-order valence-electron chi connectivity index (χ4n) is 2.80. The Kier molecular flexibility index (Phi) is 3.97. The first-order valence-corrected chi connectivity index (χ1v) is 8.24. The summed E-state index contributed by atoms with van der Waals surface area (Å²) in [5, 5.41) is 1.54. The number of likely N-dealkylation sites (tertiary alicyclic amines) is 1. The van der Waals surface area contributed by atoms with Gasteiger partial charge in [-0.3, -0.25) is 4.79 Å². The van der Waals surface area contributed by atoms with Crippen LogP contribution in [-0.4, -0.2) is 47.1 Å². The molecule has 1 aliphatic rings. The van der Waals surface area contributed by atoms with Crippen LogP contribution in [0.25, 0.3) is 10.9 Å². The van der Waals surface area contributed by atoms with E-state index in [-0.39, 0.29) is 12.0 Å². The van der Waals surface area contributed by atoms with Crippen molar-refractivity contribution in [1.82, 2.24) is 14.9 Å². The molecule has 2 aromatic heterocycles. The first-order chi connectivity index (χ1) is 12.1. The first kappa shape index (κ1) is 15.8. The van der Waals surface area contributed by atoms with Crippen LogP contribution in [0.1, 0.15) is 10.5 Å². The first-order valence-electron chi connectivity index (χ1n) is 7.86. The topological polar surface area (TPSA) is 67.4 Å². The van der Waals surface area contributed by atoms with Gasteiger partial charge in [0, 0.05) is 29.2 Å². The second-order valence-corrected chi connectivity index (χ2v) is 6.34. The summed E-state index contributed by atoms with van der Waals surface area (Å²) in [7, 11) is 1.62. The number of pyridine rings is 1. The zero-order valence-corrected chi connectivity index (χ0v) is 14.3. The largest absolute Gasteiger partial charge is 0.497 e. The third-order valence-electron chi connectivity index (χ3n) is 4.18. The number of carbonyl (C=O) groups is 1. The number of methoxy groups -OCH3 is 1. The fourth-order valence-corrected chi connectivity index (χ4v) is 2.91. The van der Waals surface area contributed by atoms with Gasteiger partial charge in [0.25, 0.3) is 5.91 Å². The molecule has 0 radical (unpaired) electrons. The molecule has 0 aliphatic carbocycles. The average Bonchev–Trinajstić information content (AvgIpc) is 3.02. The van der Waals surface area contributed by atoms with Crippen LogP contribution in [0, 0.1) is 0 Å². The SMILES string of the molecule is COc1ccc2cc(C(=O)N3CC(Oc4ccc(Cl)cn4)C3)[nH]c2c1. The molecule has 0 unspecified atom stereocenters. The zero-order chi connectivity index (χ0) is 17.4. The molecule has 1 aromatic carbocycles. The molecule has 1 aliphatic heterocycles. The zero-order valence-electron chi connectivity index (χ0n) is 13.5. The maximum atomic E-state index is 12.6. The Bertz CT molecular complexity index is 917. The summed E-state index contributed by atoms with van der Waals surface area (Å²) in [5.41, 5.74) is 1.44. The number of hydrogen-bond donors (Lipinski definition) is 1. The lowest BCUT2D eigenvalue weighted by Gasteiger charge is -2.38. The molecule has 128 valence electrons. The molecular weight excluding hydrogens is 342 g/mol. The highest BCUT2D eigenvalue weighted by atomic mass is 35.5. The van der Waals surface area contributed by atoms with Gasteiger partial charge < -0.3 is 19.4 Å². The van der Waals surface area contributed by atoms with Gasteiger partial charge >= 0.3 is 0 Å². The van der Waals surface area contributed by atoms with Crippen LogP contribution in [0.2, 0.25) is 5.02 Å². The number of halogens is 1. The smallest absolute Gasteiger partial charge is 0.270 e. The molecule has 1 amide bonds. The summed E-state index contributed by atoms with van der Waals surface area (Å²) in [6.07, 6.45) is 1.49. The summed E-state index contributed by atoms with van der Waals surface area (Å²) < 4.78 is 10.9. The lowest BCUT2D eigenvalue weighted by Crippen LogP contribution is -2.56. The van der Waals surface area contributed by atoms with E-state index in [4.69, 9.17) is 21.1 Å². The van der Waals surface area contributed by atoms with E-state index in [0.717, 1.165) is 16.7 Å². The quantitative estimate of drug-likeness (QED) is 0.779. The average molecular weight is 358 g/mol. The number of fused-ring (bicyclic) bond motifs is 1. The second kappa shape index (κ2) is 6.29. The summed E-state index contributed by atoms with van der Waals surface area (Å²) in [6.45, 7) is 1.06. The van der Waals surface area contributed by atoms with Gasteiger partial charge in [0.1, 0.15) is 17.5 Å². The Labute approximate surface area is 149 Å². The predicted molar refractivity (Wildman–Crippen MR) is 94.4 cm³/mol.